The highest BCUT2D eigenvalue weighted by Gasteiger charge is 1.93. The van der Waals surface area contributed by atoms with E-state index in [1.165, 1.54) is 0 Å². The summed E-state index contributed by atoms with van der Waals surface area (Å²) in [4.78, 5) is 4.14. The summed E-state index contributed by atoms with van der Waals surface area (Å²) in [7, 11) is 0. The van der Waals surface area contributed by atoms with Gasteiger partial charge in [0.05, 0.1) is 12.0 Å². The van der Waals surface area contributed by atoms with E-state index in [0.717, 1.165) is 11.2 Å². The van der Waals surface area contributed by atoms with Gasteiger partial charge in [-0.05, 0) is 18.2 Å². The van der Waals surface area contributed by atoms with Crippen LogP contribution in [0, 0.1) is 0 Å². The van der Waals surface area contributed by atoms with E-state index in [0.29, 0.717) is 6.54 Å². The number of nitrogens with two attached hydrogens (primary N) is 1. The van der Waals surface area contributed by atoms with Gasteiger partial charge < -0.3 is 10.1 Å². The van der Waals surface area contributed by atoms with Crippen LogP contribution in [0.2, 0.25) is 0 Å². The first-order valence-electron chi connectivity index (χ1n) is 3.52. The Morgan fingerprint density at radius 3 is 3.27 bits per heavy atom. The largest absolute Gasteiger partial charge is 0.325 e. The van der Waals surface area contributed by atoms with Gasteiger partial charge in [0, 0.05) is 18.3 Å². The van der Waals surface area contributed by atoms with Gasteiger partial charge in [0.25, 0.3) is 0 Å². The van der Waals surface area contributed by atoms with Crippen molar-refractivity contribution >= 4 is 5.52 Å². The first-order valence-corrected chi connectivity index (χ1v) is 3.52. The highest BCUT2D eigenvalue weighted by molar-refractivity contribution is 5.47. The van der Waals surface area contributed by atoms with Crippen molar-refractivity contribution in [2.45, 2.75) is 6.54 Å². The lowest BCUT2D eigenvalue weighted by molar-refractivity contribution is 0.953. The molecule has 0 aromatic carbocycles. The Morgan fingerprint density at radius 2 is 2.45 bits per heavy atom. The summed E-state index contributed by atoms with van der Waals surface area (Å²) in [5.74, 6) is 0. The summed E-state index contributed by atoms with van der Waals surface area (Å²) >= 11 is 0. The molecule has 0 aliphatic rings. The molecule has 2 rings (SSSR count). The summed E-state index contributed by atoms with van der Waals surface area (Å²) in [6, 6.07) is 6.00. The average molecular weight is 147 g/mol. The number of aromatic nitrogens is 2. The molecule has 0 atom stereocenters. The lowest BCUT2D eigenvalue weighted by atomic mass is 10.3. The topological polar surface area (TPSA) is 43.3 Å². The lowest BCUT2D eigenvalue weighted by Gasteiger charge is -1.96. The quantitative estimate of drug-likeness (QED) is 0.648. The fourth-order valence-electron chi connectivity index (χ4n) is 1.09. The fourth-order valence-corrected chi connectivity index (χ4v) is 1.09. The molecule has 0 bridgehead atoms. The Labute approximate surface area is 64.5 Å². The van der Waals surface area contributed by atoms with Crippen molar-refractivity contribution in [3.8, 4) is 0 Å². The third-order valence-corrected chi connectivity index (χ3v) is 1.68. The van der Waals surface area contributed by atoms with Crippen molar-refractivity contribution in [2.24, 2.45) is 5.73 Å². The molecule has 0 aliphatic carbocycles. The molecule has 0 amide bonds. The summed E-state index contributed by atoms with van der Waals surface area (Å²) in [6.07, 6.45) is 3.74. The minimum Gasteiger partial charge on any atom is -0.325 e. The van der Waals surface area contributed by atoms with Gasteiger partial charge in [0.2, 0.25) is 0 Å². The average Bonchev–Trinajstić information content (AvgIpc) is 2.50. The van der Waals surface area contributed by atoms with Crippen LogP contribution in [0.5, 0.6) is 0 Å². The minimum absolute atomic E-state index is 0.502. The van der Waals surface area contributed by atoms with Crippen LogP contribution in [0.15, 0.2) is 30.7 Å². The van der Waals surface area contributed by atoms with Crippen LogP contribution in [-0.2, 0) is 6.54 Å². The van der Waals surface area contributed by atoms with Crippen LogP contribution >= 0.6 is 0 Å². The number of fused-ring (bicyclic) bond motifs is 1. The van der Waals surface area contributed by atoms with Gasteiger partial charge in [-0.25, -0.2) is 4.98 Å². The molecule has 2 aromatic rings. The van der Waals surface area contributed by atoms with E-state index in [-0.39, 0.29) is 0 Å². The molecule has 3 heteroatoms. The van der Waals surface area contributed by atoms with Gasteiger partial charge in [-0.2, -0.15) is 0 Å². The van der Waals surface area contributed by atoms with Gasteiger partial charge in [-0.1, -0.05) is 0 Å². The van der Waals surface area contributed by atoms with Crippen molar-refractivity contribution in [3.05, 3.63) is 36.4 Å². The second-order valence-electron chi connectivity index (χ2n) is 2.42. The molecule has 0 aliphatic heterocycles. The Hall–Kier alpha value is -1.35. The van der Waals surface area contributed by atoms with Crippen molar-refractivity contribution in [3.63, 3.8) is 0 Å². The molecular weight excluding hydrogens is 138 g/mol. The van der Waals surface area contributed by atoms with E-state index < -0.39 is 0 Å². The molecule has 0 saturated carbocycles. The molecule has 2 N–H and O–H groups in total. The Morgan fingerprint density at radius 1 is 1.55 bits per heavy atom. The zero-order chi connectivity index (χ0) is 7.68. The van der Waals surface area contributed by atoms with Gasteiger partial charge in [-0.15, -0.1) is 0 Å². The van der Waals surface area contributed by atoms with Crippen LogP contribution in [0.1, 0.15) is 5.69 Å². The molecule has 0 unspecified atom stereocenters. The fraction of sp³-hybridized carbons (Fsp3) is 0.125. The molecule has 0 spiro atoms. The molecular formula is C8H9N3. The van der Waals surface area contributed by atoms with Crippen LogP contribution in [-0.4, -0.2) is 9.38 Å². The van der Waals surface area contributed by atoms with Crippen molar-refractivity contribution < 1.29 is 0 Å². The van der Waals surface area contributed by atoms with Crippen molar-refractivity contribution in [2.75, 3.05) is 0 Å². The third-order valence-electron chi connectivity index (χ3n) is 1.68. The van der Waals surface area contributed by atoms with Gasteiger partial charge >= 0.3 is 0 Å². The molecule has 11 heavy (non-hydrogen) atoms. The SMILES string of the molecule is NCc1cc2cccn2cn1. The Kier molecular flexibility index (Phi) is 1.36. The molecule has 0 radical (unpaired) electrons. The second-order valence-corrected chi connectivity index (χ2v) is 2.42. The minimum atomic E-state index is 0.502. The number of nitrogens with zero attached hydrogens (tertiary/aromatic N) is 2. The van der Waals surface area contributed by atoms with Crippen molar-refractivity contribution in [1.29, 1.82) is 0 Å². The molecule has 0 saturated heterocycles. The van der Waals surface area contributed by atoms with Gasteiger partial charge in [-0.3, -0.25) is 0 Å². The number of hydrogen-bond acceptors (Lipinski definition) is 2. The molecule has 2 heterocycles. The van der Waals surface area contributed by atoms with E-state index >= 15 is 0 Å². The Bertz CT molecular complexity index is 364. The first kappa shape index (κ1) is 6.37. The van der Waals surface area contributed by atoms with E-state index in [4.69, 9.17) is 5.73 Å². The maximum absolute atomic E-state index is 5.44. The second kappa shape index (κ2) is 2.36. The first-order chi connectivity index (χ1) is 5.40. The van der Waals surface area contributed by atoms with Crippen molar-refractivity contribution in [1.82, 2.24) is 9.38 Å². The maximum Gasteiger partial charge on any atom is 0.0994 e. The van der Waals surface area contributed by atoms with E-state index in [1.54, 1.807) is 6.33 Å². The molecule has 0 fully saturated rings. The van der Waals surface area contributed by atoms with Crippen LogP contribution in [0.25, 0.3) is 5.52 Å². The summed E-state index contributed by atoms with van der Waals surface area (Å²) in [5, 5.41) is 0. The standard InChI is InChI=1S/C8H9N3/c9-5-7-4-8-2-1-3-11(8)6-10-7/h1-4,6H,5,9H2. The molecule has 56 valence electrons. The summed E-state index contributed by atoms with van der Waals surface area (Å²) in [5.41, 5.74) is 7.50. The van der Waals surface area contributed by atoms with E-state index in [2.05, 4.69) is 4.98 Å². The summed E-state index contributed by atoms with van der Waals surface area (Å²) in [6.45, 7) is 0.502. The smallest absolute Gasteiger partial charge is 0.0994 e. The van der Waals surface area contributed by atoms with Gasteiger partial charge in [0.1, 0.15) is 0 Å². The maximum atomic E-state index is 5.44. The van der Waals surface area contributed by atoms with Crippen LogP contribution in [0.3, 0.4) is 0 Å². The number of hydrogen-bond donors (Lipinski definition) is 1. The van der Waals surface area contributed by atoms with E-state index in [9.17, 15) is 0 Å². The molecule has 2 aromatic heterocycles. The van der Waals surface area contributed by atoms with E-state index in [1.807, 2.05) is 28.8 Å². The highest BCUT2D eigenvalue weighted by Crippen LogP contribution is 2.04. The number of rotatable bonds is 1. The van der Waals surface area contributed by atoms with Crippen LogP contribution in [0.4, 0.5) is 0 Å². The predicted molar refractivity (Wildman–Crippen MR) is 43.1 cm³/mol. The highest BCUT2D eigenvalue weighted by atomic mass is 14.9. The zero-order valence-corrected chi connectivity index (χ0v) is 6.07. The monoisotopic (exact) mass is 147 g/mol. The lowest BCUT2D eigenvalue weighted by Crippen LogP contribution is -2.00. The van der Waals surface area contributed by atoms with Gasteiger partial charge in [0.15, 0.2) is 0 Å². The normalized spacial score (nSPS) is 10.6. The Balaban J connectivity index is 2.67. The predicted octanol–water partition coefficient (Wildman–Crippen LogP) is 0.793. The van der Waals surface area contributed by atoms with Crippen LogP contribution < -0.4 is 5.73 Å². The molecule has 3 nitrogen and oxygen atoms in total. The zero-order valence-electron chi connectivity index (χ0n) is 6.07. The summed E-state index contributed by atoms with van der Waals surface area (Å²) < 4.78 is 1.96. The third kappa shape index (κ3) is 0.991.